The number of benzene rings is 1. The molecular formula is C17H24N2O2. The quantitative estimate of drug-likeness (QED) is 0.910. The van der Waals surface area contributed by atoms with Crippen LogP contribution in [0.4, 0.5) is 5.69 Å². The van der Waals surface area contributed by atoms with E-state index in [-0.39, 0.29) is 0 Å². The number of fused-ring (bicyclic) bond motifs is 1. The van der Waals surface area contributed by atoms with E-state index in [2.05, 4.69) is 36.3 Å². The highest BCUT2D eigenvalue weighted by atomic mass is 16.5. The SMILES string of the molecule is COC1CCC(Nc2ccc3oc(C(C)C)nc3c2)CC1. The Labute approximate surface area is 125 Å². The summed E-state index contributed by atoms with van der Waals surface area (Å²) in [6.07, 6.45) is 5.03. The van der Waals surface area contributed by atoms with Gasteiger partial charge in [0.05, 0.1) is 6.10 Å². The number of nitrogens with one attached hydrogen (secondary N) is 1. The predicted molar refractivity (Wildman–Crippen MR) is 84.8 cm³/mol. The first-order chi connectivity index (χ1) is 10.2. The zero-order valence-electron chi connectivity index (χ0n) is 13.1. The number of anilines is 1. The number of aromatic nitrogens is 1. The third-order valence-corrected chi connectivity index (χ3v) is 4.28. The summed E-state index contributed by atoms with van der Waals surface area (Å²) < 4.78 is 11.2. The van der Waals surface area contributed by atoms with Crippen LogP contribution in [0.5, 0.6) is 0 Å². The minimum Gasteiger partial charge on any atom is -0.440 e. The lowest BCUT2D eigenvalue weighted by Gasteiger charge is -2.28. The van der Waals surface area contributed by atoms with Crippen molar-refractivity contribution in [3.63, 3.8) is 0 Å². The molecule has 2 aromatic rings. The molecule has 3 rings (SSSR count). The van der Waals surface area contributed by atoms with Gasteiger partial charge in [0, 0.05) is 24.8 Å². The minimum absolute atomic E-state index is 0.318. The number of nitrogens with zero attached hydrogens (tertiary/aromatic N) is 1. The van der Waals surface area contributed by atoms with E-state index in [0.29, 0.717) is 18.1 Å². The second-order valence-corrected chi connectivity index (χ2v) is 6.24. The van der Waals surface area contributed by atoms with E-state index in [1.165, 1.54) is 0 Å². The third kappa shape index (κ3) is 3.21. The Hall–Kier alpha value is -1.55. The fraction of sp³-hybridized carbons (Fsp3) is 0.588. The first kappa shape index (κ1) is 14.4. The Bertz CT molecular complexity index is 598. The molecule has 0 aliphatic heterocycles. The Kier molecular flexibility index (Phi) is 4.15. The average Bonchev–Trinajstić information content (AvgIpc) is 2.91. The van der Waals surface area contributed by atoms with Gasteiger partial charge >= 0.3 is 0 Å². The summed E-state index contributed by atoms with van der Waals surface area (Å²) in [6, 6.07) is 6.72. The van der Waals surface area contributed by atoms with Crippen molar-refractivity contribution in [3.05, 3.63) is 24.1 Å². The second kappa shape index (κ2) is 6.06. The maximum absolute atomic E-state index is 5.75. The number of methoxy groups -OCH3 is 1. The number of oxazole rings is 1. The monoisotopic (exact) mass is 288 g/mol. The summed E-state index contributed by atoms with van der Waals surface area (Å²) in [7, 11) is 1.81. The first-order valence-electron chi connectivity index (χ1n) is 7.85. The van der Waals surface area contributed by atoms with Crippen LogP contribution in [0.1, 0.15) is 51.3 Å². The lowest BCUT2D eigenvalue weighted by atomic mass is 9.93. The molecule has 21 heavy (non-hydrogen) atoms. The molecule has 1 aromatic carbocycles. The van der Waals surface area contributed by atoms with E-state index in [9.17, 15) is 0 Å². The average molecular weight is 288 g/mol. The van der Waals surface area contributed by atoms with Crippen molar-refractivity contribution in [1.82, 2.24) is 4.98 Å². The molecule has 1 N–H and O–H groups in total. The molecule has 4 heteroatoms. The molecule has 0 atom stereocenters. The van der Waals surface area contributed by atoms with E-state index < -0.39 is 0 Å². The molecule has 1 aliphatic rings. The topological polar surface area (TPSA) is 47.3 Å². The third-order valence-electron chi connectivity index (χ3n) is 4.28. The van der Waals surface area contributed by atoms with E-state index in [4.69, 9.17) is 9.15 Å². The zero-order valence-corrected chi connectivity index (χ0v) is 13.1. The molecule has 1 aliphatic carbocycles. The molecule has 1 aromatic heterocycles. The van der Waals surface area contributed by atoms with Crippen LogP contribution in [0.25, 0.3) is 11.1 Å². The molecule has 0 saturated heterocycles. The van der Waals surface area contributed by atoms with Crippen molar-refractivity contribution in [2.45, 2.75) is 57.6 Å². The molecular weight excluding hydrogens is 264 g/mol. The molecule has 1 heterocycles. The zero-order chi connectivity index (χ0) is 14.8. The fourth-order valence-electron chi connectivity index (χ4n) is 2.96. The van der Waals surface area contributed by atoms with Gasteiger partial charge in [-0.2, -0.15) is 0 Å². The van der Waals surface area contributed by atoms with Gasteiger partial charge in [0.1, 0.15) is 5.52 Å². The van der Waals surface area contributed by atoms with Gasteiger partial charge in [0.15, 0.2) is 11.5 Å². The first-order valence-corrected chi connectivity index (χ1v) is 7.85. The summed E-state index contributed by atoms with van der Waals surface area (Å²) in [5, 5.41) is 3.62. The van der Waals surface area contributed by atoms with Crippen LogP contribution in [0.15, 0.2) is 22.6 Å². The second-order valence-electron chi connectivity index (χ2n) is 6.24. The highest BCUT2D eigenvalue weighted by Crippen LogP contribution is 2.27. The summed E-state index contributed by atoms with van der Waals surface area (Å²) in [5.41, 5.74) is 2.94. The number of ether oxygens (including phenoxy) is 1. The van der Waals surface area contributed by atoms with E-state index in [1.807, 2.05) is 13.2 Å². The van der Waals surface area contributed by atoms with Gasteiger partial charge in [-0.05, 0) is 43.9 Å². The summed E-state index contributed by atoms with van der Waals surface area (Å²) >= 11 is 0. The fourth-order valence-corrected chi connectivity index (χ4v) is 2.96. The van der Waals surface area contributed by atoms with Gasteiger partial charge in [0.25, 0.3) is 0 Å². The largest absolute Gasteiger partial charge is 0.440 e. The van der Waals surface area contributed by atoms with Gasteiger partial charge in [-0.15, -0.1) is 0 Å². The van der Waals surface area contributed by atoms with Crippen LogP contribution >= 0.6 is 0 Å². The number of hydrogen-bond acceptors (Lipinski definition) is 4. The van der Waals surface area contributed by atoms with Crippen molar-refractivity contribution in [2.75, 3.05) is 12.4 Å². The molecule has 0 unspecified atom stereocenters. The van der Waals surface area contributed by atoms with Crippen molar-refractivity contribution in [2.24, 2.45) is 0 Å². The van der Waals surface area contributed by atoms with Gasteiger partial charge in [-0.25, -0.2) is 4.98 Å². The maximum atomic E-state index is 5.75. The molecule has 114 valence electrons. The van der Waals surface area contributed by atoms with Crippen molar-refractivity contribution in [1.29, 1.82) is 0 Å². The Morgan fingerprint density at radius 3 is 2.67 bits per heavy atom. The molecule has 0 amide bonds. The van der Waals surface area contributed by atoms with Crippen LogP contribution in [-0.2, 0) is 4.74 Å². The Morgan fingerprint density at radius 2 is 2.00 bits per heavy atom. The Morgan fingerprint density at radius 1 is 1.24 bits per heavy atom. The van der Waals surface area contributed by atoms with Crippen molar-refractivity contribution in [3.8, 4) is 0 Å². The number of hydrogen-bond donors (Lipinski definition) is 1. The van der Waals surface area contributed by atoms with Crippen molar-refractivity contribution >= 4 is 16.8 Å². The van der Waals surface area contributed by atoms with Crippen LogP contribution in [0.3, 0.4) is 0 Å². The summed E-state index contributed by atoms with van der Waals surface area (Å²) in [5.74, 6) is 1.13. The molecule has 0 radical (unpaired) electrons. The van der Waals surface area contributed by atoms with Gasteiger partial charge in [-0.1, -0.05) is 13.8 Å². The standard InChI is InChI=1S/C17H24N2O2/c1-11(2)17-19-15-10-13(6-9-16(15)21-17)18-12-4-7-14(20-3)8-5-12/h6,9-12,14,18H,4-5,7-8H2,1-3H3. The normalized spacial score (nSPS) is 22.9. The summed E-state index contributed by atoms with van der Waals surface area (Å²) in [6.45, 7) is 4.19. The highest BCUT2D eigenvalue weighted by Gasteiger charge is 2.20. The highest BCUT2D eigenvalue weighted by molar-refractivity contribution is 5.77. The van der Waals surface area contributed by atoms with Gasteiger partial charge in [0.2, 0.25) is 0 Å². The van der Waals surface area contributed by atoms with Crippen LogP contribution in [0, 0.1) is 0 Å². The van der Waals surface area contributed by atoms with Crippen LogP contribution < -0.4 is 5.32 Å². The van der Waals surface area contributed by atoms with Crippen molar-refractivity contribution < 1.29 is 9.15 Å². The molecule has 0 bridgehead atoms. The Balaban J connectivity index is 1.70. The lowest BCUT2D eigenvalue weighted by molar-refractivity contribution is 0.0682. The maximum Gasteiger partial charge on any atom is 0.198 e. The van der Waals surface area contributed by atoms with E-state index >= 15 is 0 Å². The minimum atomic E-state index is 0.318. The smallest absolute Gasteiger partial charge is 0.198 e. The van der Waals surface area contributed by atoms with E-state index in [0.717, 1.165) is 48.4 Å². The lowest BCUT2D eigenvalue weighted by Crippen LogP contribution is -2.29. The molecule has 4 nitrogen and oxygen atoms in total. The predicted octanol–water partition coefficient (Wildman–Crippen LogP) is 4.32. The van der Waals surface area contributed by atoms with Crippen LogP contribution in [-0.4, -0.2) is 24.2 Å². The van der Waals surface area contributed by atoms with E-state index in [1.54, 1.807) is 0 Å². The number of rotatable bonds is 4. The molecule has 1 saturated carbocycles. The van der Waals surface area contributed by atoms with Gasteiger partial charge in [-0.3, -0.25) is 0 Å². The molecule has 1 fully saturated rings. The molecule has 0 spiro atoms. The van der Waals surface area contributed by atoms with Gasteiger partial charge < -0.3 is 14.5 Å². The van der Waals surface area contributed by atoms with Crippen LogP contribution in [0.2, 0.25) is 0 Å². The summed E-state index contributed by atoms with van der Waals surface area (Å²) in [4.78, 5) is 4.56.